The Balaban J connectivity index is 1.74. The summed E-state index contributed by atoms with van der Waals surface area (Å²) < 4.78 is 3.06. The summed E-state index contributed by atoms with van der Waals surface area (Å²) in [7, 11) is 0. The average Bonchev–Trinajstić information content (AvgIpc) is 2.98. The molecule has 0 radical (unpaired) electrons. The van der Waals surface area contributed by atoms with Crippen LogP contribution in [0.5, 0.6) is 0 Å². The zero-order valence-electron chi connectivity index (χ0n) is 11.6. The fraction of sp³-hybridized carbons (Fsp3) is 0.571. The van der Waals surface area contributed by atoms with Gasteiger partial charge in [-0.25, -0.2) is 9.48 Å². The summed E-state index contributed by atoms with van der Waals surface area (Å²) in [4.78, 5) is 14.4. The Morgan fingerprint density at radius 1 is 1.40 bits per heavy atom. The molecule has 108 valence electrons. The van der Waals surface area contributed by atoms with Crippen LogP contribution < -0.4 is 5.69 Å². The van der Waals surface area contributed by atoms with Gasteiger partial charge in [-0.2, -0.15) is 0 Å². The molecule has 1 aliphatic heterocycles. The Labute approximate surface area is 117 Å². The van der Waals surface area contributed by atoms with Gasteiger partial charge in [0.15, 0.2) is 5.65 Å². The summed E-state index contributed by atoms with van der Waals surface area (Å²) in [6.07, 6.45) is 2.83. The second-order valence-corrected chi connectivity index (χ2v) is 5.49. The number of hydrogen-bond donors (Lipinski definition) is 1. The summed E-state index contributed by atoms with van der Waals surface area (Å²) in [5.41, 5.74) is 0.569. The van der Waals surface area contributed by atoms with Crippen molar-refractivity contribution in [1.29, 1.82) is 0 Å². The number of likely N-dealkylation sites (tertiary alicyclic amines) is 1. The smallest absolute Gasteiger partial charge is 0.350 e. The molecule has 3 heterocycles. The molecule has 6 heteroatoms. The Bertz CT molecular complexity index is 648. The molecule has 0 spiro atoms. The van der Waals surface area contributed by atoms with Crippen LogP contribution in [-0.4, -0.2) is 49.9 Å². The molecule has 2 unspecified atom stereocenters. The monoisotopic (exact) mass is 276 g/mol. The number of pyridine rings is 1. The third-order valence-electron chi connectivity index (χ3n) is 4.27. The standard InChI is InChI=1S/C14H20N4O2/c1-11-5-7-16(12(11)10-19)8-9-18-14(20)17-6-3-2-4-13(17)15-18/h2-4,6,11-12,19H,5,7-10H2,1H3. The van der Waals surface area contributed by atoms with E-state index < -0.39 is 0 Å². The van der Waals surface area contributed by atoms with Crippen molar-refractivity contribution in [3.05, 3.63) is 34.9 Å². The minimum Gasteiger partial charge on any atom is -0.395 e. The SMILES string of the molecule is CC1CCN(CCn2nc3ccccn3c2=O)C1CO. The van der Waals surface area contributed by atoms with Crippen LogP contribution in [0.2, 0.25) is 0 Å². The second kappa shape index (κ2) is 5.38. The predicted octanol–water partition coefficient (Wildman–Crippen LogP) is 0.199. The fourth-order valence-electron chi connectivity index (χ4n) is 3.00. The molecule has 20 heavy (non-hydrogen) atoms. The molecule has 1 fully saturated rings. The molecule has 0 aromatic carbocycles. The zero-order chi connectivity index (χ0) is 14.1. The number of rotatable bonds is 4. The number of nitrogens with zero attached hydrogens (tertiary/aromatic N) is 4. The first-order chi connectivity index (χ1) is 9.70. The van der Waals surface area contributed by atoms with Gasteiger partial charge in [-0.3, -0.25) is 9.30 Å². The molecule has 3 rings (SSSR count). The molecular formula is C14H20N4O2. The highest BCUT2D eigenvalue weighted by atomic mass is 16.3. The van der Waals surface area contributed by atoms with Gasteiger partial charge in [0.25, 0.3) is 0 Å². The number of aliphatic hydroxyl groups excluding tert-OH is 1. The maximum atomic E-state index is 12.1. The van der Waals surface area contributed by atoms with E-state index in [-0.39, 0.29) is 18.3 Å². The summed E-state index contributed by atoms with van der Waals surface area (Å²) in [6.45, 7) is 4.64. The van der Waals surface area contributed by atoms with Crippen molar-refractivity contribution >= 4 is 5.65 Å². The normalized spacial score (nSPS) is 23.7. The highest BCUT2D eigenvalue weighted by molar-refractivity contribution is 5.35. The van der Waals surface area contributed by atoms with E-state index in [2.05, 4.69) is 16.9 Å². The third-order valence-corrected chi connectivity index (χ3v) is 4.27. The fourth-order valence-corrected chi connectivity index (χ4v) is 3.00. The van der Waals surface area contributed by atoms with E-state index >= 15 is 0 Å². The van der Waals surface area contributed by atoms with Crippen LogP contribution in [0.4, 0.5) is 0 Å². The molecule has 0 saturated carbocycles. The molecule has 2 aromatic rings. The van der Waals surface area contributed by atoms with Gasteiger partial charge in [0.05, 0.1) is 13.2 Å². The summed E-state index contributed by atoms with van der Waals surface area (Å²) in [6, 6.07) is 5.73. The number of fused-ring (bicyclic) bond motifs is 1. The maximum Gasteiger partial charge on any atom is 0.350 e. The largest absolute Gasteiger partial charge is 0.395 e. The van der Waals surface area contributed by atoms with Crippen LogP contribution >= 0.6 is 0 Å². The molecule has 0 bridgehead atoms. The Kier molecular flexibility index (Phi) is 3.58. The van der Waals surface area contributed by atoms with E-state index in [1.807, 2.05) is 18.2 Å². The van der Waals surface area contributed by atoms with Crippen molar-refractivity contribution in [2.45, 2.75) is 25.9 Å². The Morgan fingerprint density at radius 3 is 3.00 bits per heavy atom. The molecule has 0 amide bonds. The van der Waals surface area contributed by atoms with E-state index in [0.717, 1.165) is 19.5 Å². The lowest BCUT2D eigenvalue weighted by molar-refractivity contribution is 0.135. The van der Waals surface area contributed by atoms with Crippen molar-refractivity contribution in [3.63, 3.8) is 0 Å². The molecule has 1 saturated heterocycles. The van der Waals surface area contributed by atoms with E-state index in [1.54, 1.807) is 10.6 Å². The quantitative estimate of drug-likeness (QED) is 0.866. The van der Waals surface area contributed by atoms with Gasteiger partial charge in [0, 0.05) is 18.8 Å². The third kappa shape index (κ3) is 2.25. The number of aliphatic hydroxyl groups is 1. The van der Waals surface area contributed by atoms with Gasteiger partial charge in [0.1, 0.15) is 0 Å². The summed E-state index contributed by atoms with van der Waals surface area (Å²) in [5, 5.41) is 13.8. The van der Waals surface area contributed by atoms with Gasteiger partial charge in [-0.1, -0.05) is 13.0 Å². The second-order valence-electron chi connectivity index (χ2n) is 5.49. The highest BCUT2D eigenvalue weighted by Gasteiger charge is 2.30. The van der Waals surface area contributed by atoms with Crippen molar-refractivity contribution in [2.75, 3.05) is 19.7 Å². The van der Waals surface area contributed by atoms with Gasteiger partial charge in [-0.15, -0.1) is 5.10 Å². The molecular weight excluding hydrogens is 256 g/mol. The lowest BCUT2D eigenvalue weighted by Gasteiger charge is -2.24. The molecule has 2 atom stereocenters. The van der Waals surface area contributed by atoms with Gasteiger partial charge in [0.2, 0.25) is 0 Å². The lowest BCUT2D eigenvalue weighted by atomic mass is 10.0. The summed E-state index contributed by atoms with van der Waals surface area (Å²) >= 11 is 0. The van der Waals surface area contributed by atoms with Crippen molar-refractivity contribution in [1.82, 2.24) is 19.1 Å². The Hall–Kier alpha value is -1.66. The minimum absolute atomic E-state index is 0.103. The molecule has 6 nitrogen and oxygen atoms in total. The molecule has 1 N–H and O–H groups in total. The zero-order valence-corrected chi connectivity index (χ0v) is 11.6. The van der Waals surface area contributed by atoms with Gasteiger partial charge in [-0.05, 0) is 31.0 Å². The van der Waals surface area contributed by atoms with E-state index in [9.17, 15) is 9.90 Å². The molecule has 0 aliphatic carbocycles. The first kappa shape index (κ1) is 13.3. The van der Waals surface area contributed by atoms with Crippen LogP contribution in [0.3, 0.4) is 0 Å². The lowest BCUT2D eigenvalue weighted by Crippen LogP contribution is -2.38. The first-order valence-corrected chi connectivity index (χ1v) is 7.10. The van der Waals surface area contributed by atoms with Gasteiger partial charge >= 0.3 is 5.69 Å². The van der Waals surface area contributed by atoms with E-state index in [0.29, 0.717) is 18.1 Å². The summed E-state index contributed by atoms with van der Waals surface area (Å²) in [5.74, 6) is 0.512. The van der Waals surface area contributed by atoms with Gasteiger partial charge < -0.3 is 5.11 Å². The van der Waals surface area contributed by atoms with E-state index in [4.69, 9.17) is 0 Å². The topological polar surface area (TPSA) is 62.8 Å². The van der Waals surface area contributed by atoms with Crippen LogP contribution in [0, 0.1) is 5.92 Å². The van der Waals surface area contributed by atoms with E-state index in [1.165, 1.54) is 4.68 Å². The van der Waals surface area contributed by atoms with Crippen LogP contribution in [0.15, 0.2) is 29.2 Å². The first-order valence-electron chi connectivity index (χ1n) is 7.10. The molecule has 2 aromatic heterocycles. The average molecular weight is 276 g/mol. The number of aromatic nitrogens is 3. The number of hydrogen-bond acceptors (Lipinski definition) is 4. The van der Waals surface area contributed by atoms with Crippen LogP contribution in [0.25, 0.3) is 5.65 Å². The van der Waals surface area contributed by atoms with Crippen LogP contribution in [-0.2, 0) is 6.54 Å². The van der Waals surface area contributed by atoms with Crippen LogP contribution in [0.1, 0.15) is 13.3 Å². The molecule has 1 aliphatic rings. The van der Waals surface area contributed by atoms with Crippen molar-refractivity contribution in [2.24, 2.45) is 5.92 Å². The maximum absolute atomic E-state index is 12.1. The Morgan fingerprint density at radius 2 is 2.25 bits per heavy atom. The highest BCUT2D eigenvalue weighted by Crippen LogP contribution is 2.22. The van der Waals surface area contributed by atoms with Crippen molar-refractivity contribution < 1.29 is 5.11 Å². The predicted molar refractivity (Wildman–Crippen MR) is 75.7 cm³/mol. The minimum atomic E-state index is -0.103. The van der Waals surface area contributed by atoms with Crippen molar-refractivity contribution in [3.8, 4) is 0 Å².